The monoisotopic (exact) mass is 678 g/mol. The number of fused-ring (bicyclic) bond motifs is 2. The summed E-state index contributed by atoms with van der Waals surface area (Å²) in [6.45, 7) is 13.9. The molecule has 6 aromatic carbocycles. The molecule has 0 amide bonds. The van der Waals surface area contributed by atoms with Crippen molar-refractivity contribution in [3.05, 3.63) is 155 Å². The molecule has 6 aromatic rings. The number of benzene rings is 6. The maximum absolute atomic E-state index is 2.58. The normalized spacial score (nSPS) is 14.5. The SMILES string of the molecule is CC(C)(C)c1ccc(-c2cc3c(c(-c4c5c(cc(-c6ccc(C(C)(C)C)cc6)c4-c4ccccc4)CCCC5)c2-c2ccccc2)CCCC3)cc1. The van der Waals surface area contributed by atoms with Crippen molar-refractivity contribution in [2.24, 2.45) is 0 Å². The molecule has 262 valence electrons. The lowest BCUT2D eigenvalue weighted by Crippen LogP contribution is -2.13. The molecule has 0 saturated heterocycles. The zero-order chi connectivity index (χ0) is 36.0. The van der Waals surface area contributed by atoms with Crippen LogP contribution in [-0.2, 0) is 36.5 Å². The summed E-state index contributed by atoms with van der Waals surface area (Å²) < 4.78 is 0. The van der Waals surface area contributed by atoms with Gasteiger partial charge in [0.2, 0.25) is 0 Å². The summed E-state index contributed by atoms with van der Waals surface area (Å²) in [5.41, 5.74) is 22.9. The molecule has 0 heteroatoms. The van der Waals surface area contributed by atoms with Gasteiger partial charge in [-0.25, -0.2) is 0 Å². The number of aryl methyl sites for hydroxylation is 2. The molecule has 0 aromatic heterocycles. The lowest BCUT2D eigenvalue weighted by molar-refractivity contribution is 0.590. The molecular weight excluding hydrogens is 625 g/mol. The summed E-state index contributed by atoms with van der Waals surface area (Å²) in [5.74, 6) is 0. The van der Waals surface area contributed by atoms with Crippen LogP contribution >= 0.6 is 0 Å². The Kier molecular flexibility index (Phi) is 9.07. The molecule has 0 radical (unpaired) electrons. The average Bonchev–Trinajstić information content (AvgIpc) is 3.16. The van der Waals surface area contributed by atoms with Crippen molar-refractivity contribution in [3.63, 3.8) is 0 Å². The lowest BCUT2D eigenvalue weighted by atomic mass is 9.72. The van der Waals surface area contributed by atoms with Gasteiger partial charge in [0.1, 0.15) is 0 Å². The Hall–Kier alpha value is -4.68. The Labute approximate surface area is 313 Å². The molecule has 0 fully saturated rings. The van der Waals surface area contributed by atoms with Gasteiger partial charge in [0.25, 0.3) is 0 Å². The van der Waals surface area contributed by atoms with Crippen LogP contribution in [0.2, 0.25) is 0 Å². The molecule has 0 spiro atoms. The minimum absolute atomic E-state index is 0.108. The van der Waals surface area contributed by atoms with E-state index in [1.165, 1.54) is 92.4 Å². The summed E-state index contributed by atoms with van der Waals surface area (Å²) >= 11 is 0. The lowest BCUT2D eigenvalue weighted by Gasteiger charge is -2.32. The predicted molar refractivity (Wildman–Crippen MR) is 224 cm³/mol. The van der Waals surface area contributed by atoms with Crippen molar-refractivity contribution in [2.75, 3.05) is 0 Å². The standard InChI is InChI=1S/C52H54/c1-51(2,3)41-29-25-35(26-30-41)45-33-39-21-13-15-23-43(39)49(47(45)37-17-9-7-10-18-37)50-44-24-16-14-22-40(44)34-46(48(50)38-19-11-8-12-20-38)36-27-31-42(32-28-36)52(4,5)6/h7-12,17-20,25-34H,13-16,21-24H2,1-6H3. The average molecular weight is 679 g/mol. The number of rotatable bonds is 5. The van der Waals surface area contributed by atoms with Gasteiger partial charge < -0.3 is 0 Å². The first-order valence-electron chi connectivity index (χ1n) is 19.8. The van der Waals surface area contributed by atoms with Gasteiger partial charge >= 0.3 is 0 Å². The van der Waals surface area contributed by atoms with Gasteiger partial charge in [0.15, 0.2) is 0 Å². The highest BCUT2D eigenvalue weighted by Gasteiger charge is 2.30. The molecule has 2 aliphatic carbocycles. The first kappa shape index (κ1) is 34.4. The maximum atomic E-state index is 2.58. The van der Waals surface area contributed by atoms with E-state index >= 15 is 0 Å². The van der Waals surface area contributed by atoms with E-state index in [-0.39, 0.29) is 10.8 Å². The molecule has 8 rings (SSSR count). The second-order valence-electron chi connectivity index (χ2n) is 17.4. The van der Waals surface area contributed by atoms with E-state index in [2.05, 4.69) is 163 Å². The first-order valence-corrected chi connectivity index (χ1v) is 19.8. The van der Waals surface area contributed by atoms with Gasteiger partial charge in [0.05, 0.1) is 0 Å². The Balaban J connectivity index is 1.52. The smallest absolute Gasteiger partial charge is 0.00235 e. The van der Waals surface area contributed by atoms with E-state index in [0.29, 0.717) is 0 Å². The number of hydrogen-bond acceptors (Lipinski definition) is 0. The first-order chi connectivity index (χ1) is 25.1. The van der Waals surface area contributed by atoms with Crippen molar-refractivity contribution in [1.29, 1.82) is 0 Å². The van der Waals surface area contributed by atoms with Crippen molar-refractivity contribution >= 4 is 0 Å². The van der Waals surface area contributed by atoms with Crippen LogP contribution in [0.25, 0.3) is 55.6 Å². The van der Waals surface area contributed by atoms with Crippen molar-refractivity contribution in [1.82, 2.24) is 0 Å². The molecular formula is C52H54. The Bertz CT molecular complexity index is 2040. The van der Waals surface area contributed by atoms with Gasteiger partial charge in [-0.1, -0.05) is 163 Å². The van der Waals surface area contributed by atoms with E-state index in [1.54, 1.807) is 22.3 Å². The molecule has 0 aliphatic heterocycles. The molecule has 2 aliphatic rings. The second kappa shape index (κ2) is 13.7. The fourth-order valence-electron chi connectivity index (χ4n) is 8.93. The molecule has 0 saturated carbocycles. The summed E-state index contributed by atoms with van der Waals surface area (Å²) in [6, 6.07) is 46.8. The molecule has 0 heterocycles. The summed E-state index contributed by atoms with van der Waals surface area (Å²) in [5, 5.41) is 0. The van der Waals surface area contributed by atoms with Crippen molar-refractivity contribution < 1.29 is 0 Å². The predicted octanol–water partition coefficient (Wildman–Crippen LogP) is 14.4. The van der Waals surface area contributed by atoms with Crippen LogP contribution in [0, 0.1) is 0 Å². The molecule has 52 heavy (non-hydrogen) atoms. The Morgan fingerprint density at radius 1 is 0.346 bits per heavy atom. The maximum Gasteiger partial charge on any atom is -0.00235 e. The van der Waals surface area contributed by atoms with Crippen LogP contribution < -0.4 is 0 Å². The quantitative estimate of drug-likeness (QED) is 0.170. The van der Waals surface area contributed by atoms with Gasteiger partial charge in [-0.2, -0.15) is 0 Å². The second-order valence-corrected chi connectivity index (χ2v) is 17.4. The molecule has 0 atom stereocenters. The molecule has 0 bridgehead atoms. The third kappa shape index (κ3) is 6.47. The summed E-state index contributed by atoms with van der Waals surface area (Å²) in [6.07, 6.45) is 9.52. The van der Waals surface area contributed by atoms with E-state index < -0.39 is 0 Å². The molecule has 0 N–H and O–H groups in total. The third-order valence-corrected chi connectivity index (χ3v) is 11.8. The van der Waals surface area contributed by atoms with E-state index in [0.717, 1.165) is 25.7 Å². The van der Waals surface area contributed by atoms with Crippen LogP contribution in [0.3, 0.4) is 0 Å². The molecule has 0 unspecified atom stereocenters. The highest BCUT2D eigenvalue weighted by Crippen LogP contribution is 2.53. The summed E-state index contributed by atoms with van der Waals surface area (Å²) in [7, 11) is 0. The highest BCUT2D eigenvalue weighted by molar-refractivity contribution is 6.05. The van der Waals surface area contributed by atoms with Crippen LogP contribution in [0.5, 0.6) is 0 Å². The van der Waals surface area contributed by atoms with Crippen LogP contribution in [-0.4, -0.2) is 0 Å². The van der Waals surface area contributed by atoms with Crippen molar-refractivity contribution in [3.8, 4) is 55.6 Å². The van der Waals surface area contributed by atoms with Gasteiger partial charge in [-0.3, -0.25) is 0 Å². The largest absolute Gasteiger partial charge is 0.0622 e. The zero-order valence-corrected chi connectivity index (χ0v) is 32.2. The van der Waals surface area contributed by atoms with E-state index in [1.807, 2.05) is 0 Å². The van der Waals surface area contributed by atoms with Gasteiger partial charge in [-0.15, -0.1) is 0 Å². The van der Waals surface area contributed by atoms with E-state index in [9.17, 15) is 0 Å². The van der Waals surface area contributed by atoms with E-state index in [4.69, 9.17) is 0 Å². The fourth-order valence-corrected chi connectivity index (χ4v) is 8.93. The Morgan fingerprint density at radius 3 is 1.04 bits per heavy atom. The summed E-state index contributed by atoms with van der Waals surface area (Å²) in [4.78, 5) is 0. The third-order valence-electron chi connectivity index (χ3n) is 11.8. The minimum Gasteiger partial charge on any atom is -0.0622 e. The highest BCUT2D eigenvalue weighted by atomic mass is 14.3. The van der Waals surface area contributed by atoms with Crippen LogP contribution in [0.1, 0.15) is 101 Å². The van der Waals surface area contributed by atoms with Crippen molar-refractivity contribution in [2.45, 2.75) is 104 Å². The van der Waals surface area contributed by atoms with Crippen LogP contribution in [0.15, 0.2) is 121 Å². The fraction of sp³-hybridized carbons (Fsp3) is 0.308. The topological polar surface area (TPSA) is 0 Å². The van der Waals surface area contributed by atoms with Gasteiger partial charge in [-0.05, 0) is 151 Å². The minimum atomic E-state index is 0.108. The Morgan fingerprint density at radius 2 is 0.692 bits per heavy atom. The van der Waals surface area contributed by atoms with Crippen LogP contribution in [0.4, 0.5) is 0 Å². The molecule has 0 nitrogen and oxygen atoms in total. The van der Waals surface area contributed by atoms with Gasteiger partial charge in [0, 0.05) is 0 Å². The zero-order valence-electron chi connectivity index (χ0n) is 32.2. The number of hydrogen-bond donors (Lipinski definition) is 0.